The second kappa shape index (κ2) is 7.29. The number of para-hydroxylation sites is 1. The van der Waals surface area contributed by atoms with Gasteiger partial charge in [-0.05, 0) is 58.9 Å². The molecule has 172 valence electrons. The Bertz CT molecular complexity index is 1580. The topological polar surface area (TPSA) is 17.0 Å². The van der Waals surface area contributed by atoms with Gasteiger partial charge in [0, 0.05) is 16.3 Å². The lowest BCUT2D eigenvalue weighted by molar-refractivity contribution is -0.655. The molecule has 0 saturated carbocycles. The Morgan fingerprint density at radius 2 is 1.68 bits per heavy atom. The van der Waals surface area contributed by atoms with Crippen molar-refractivity contribution in [3.05, 3.63) is 76.8 Å². The Morgan fingerprint density at radius 1 is 0.912 bits per heavy atom. The van der Waals surface area contributed by atoms with Gasteiger partial charge in [0.25, 0.3) is 5.01 Å². The molecule has 2 aromatic heterocycles. The SMILES string of the molecule is Cc1ccc2oc3c(-c4ccc5c(c4)C(C)(C)CCC5(C)C)cccc3c2c1-c1scc[n+]1C. The normalized spacial score (nSPS) is 16.8. The van der Waals surface area contributed by atoms with Crippen LogP contribution in [0.4, 0.5) is 0 Å². The Morgan fingerprint density at radius 3 is 2.41 bits per heavy atom. The van der Waals surface area contributed by atoms with Gasteiger partial charge in [-0.15, -0.1) is 0 Å². The first-order valence-corrected chi connectivity index (χ1v) is 13.1. The monoisotopic (exact) mass is 466 g/mol. The number of thiazole rings is 1. The minimum absolute atomic E-state index is 0.181. The van der Waals surface area contributed by atoms with Crippen molar-refractivity contribution in [3.63, 3.8) is 0 Å². The molecule has 6 rings (SSSR count). The average Bonchev–Trinajstić information content (AvgIpc) is 3.40. The molecule has 0 unspecified atom stereocenters. The highest BCUT2D eigenvalue weighted by Crippen LogP contribution is 2.48. The van der Waals surface area contributed by atoms with E-state index in [1.165, 1.54) is 62.0 Å². The highest BCUT2D eigenvalue weighted by molar-refractivity contribution is 7.12. The van der Waals surface area contributed by atoms with Crippen LogP contribution in [0.3, 0.4) is 0 Å². The number of rotatable bonds is 2. The van der Waals surface area contributed by atoms with Gasteiger partial charge in [0.1, 0.15) is 18.2 Å². The third kappa shape index (κ3) is 3.10. The number of furan rings is 1. The summed E-state index contributed by atoms with van der Waals surface area (Å²) in [5, 5.41) is 5.82. The Hall–Kier alpha value is -2.91. The Labute approximate surface area is 205 Å². The highest BCUT2D eigenvalue weighted by Gasteiger charge is 2.37. The van der Waals surface area contributed by atoms with Crippen LogP contribution < -0.4 is 4.57 Å². The predicted molar refractivity (Wildman–Crippen MR) is 144 cm³/mol. The molecule has 2 nitrogen and oxygen atoms in total. The number of hydrogen-bond donors (Lipinski definition) is 0. The summed E-state index contributed by atoms with van der Waals surface area (Å²) >= 11 is 1.78. The van der Waals surface area contributed by atoms with Crippen LogP contribution in [0, 0.1) is 6.92 Å². The van der Waals surface area contributed by atoms with Crippen molar-refractivity contribution in [1.82, 2.24) is 0 Å². The predicted octanol–water partition coefficient (Wildman–Crippen LogP) is 8.46. The van der Waals surface area contributed by atoms with Crippen LogP contribution in [0.2, 0.25) is 0 Å². The third-order valence-electron chi connectivity index (χ3n) is 8.03. The van der Waals surface area contributed by atoms with Gasteiger partial charge in [-0.3, -0.25) is 0 Å². The van der Waals surface area contributed by atoms with Crippen LogP contribution >= 0.6 is 11.3 Å². The quantitative estimate of drug-likeness (QED) is 0.238. The van der Waals surface area contributed by atoms with Gasteiger partial charge in [0.15, 0.2) is 6.20 Å². The molecule has 3 heteroatoms. The number of fused-ring (bicyclic) bond motifs is 4. The molecule has 5 aromatic rings. The summed E-state index contributed by atoms with van der Waals surface area (Å²) < 4.78 is 8.81. The van der Waals surface area contributed by atoms with E-state index in [0.717, 1.165) is 11.2 Å². The van der Waals surface area contributed by atoms with Gasteiger partial charge in [0.05, 0.1) is 10.9 Å². The summed E-state index contributed by atoms with van der Waals surface area (Å²) in [5.41, 5.74) is 10.3. The van der Waals surface area contributed by atoms with E-state index in [4.69, 9.17) is 4.42 Å². The zero-order valence-electron chi connectivity index (χ0n) is 21.0. The zero-order valence-corrected chi connectivity index (χ0v) is 21.8. The van der Waals surface area contributed by atoms with Crippen molar-refractivity contribution < 1.29 is 8.98 Å². The number of hydrogen-bond acceptors (Lipinski definition) is 2. The second-order valence-corrected chi connectivity index (χ2v) is 12.2. The van der Waals surface area contributed by atoms with E-state index in [1.54, 1.807) is 11.3 Å². The molecule has 34 heavy (non-hydrogen) atoms. The van der Waals surface area contributed by atoms with Crippen molar-refractivity contribution in [2.75, 3.05) is 0 Å². The van der Waals surface area contributed by atoms with Crippen molar-refractivity contribution >= 4 is 33.3 Å². The summed E-state index contributed by atoms with van der Waals surface area (Å²) in [4.78, 5) is 0. The molecule has 0 N–H and O–H groups in total. The molecule has 1 aliphatic carbocycles. The first-order chi connectivity index (χ1) is 16.2. The molecule has 0 fully saturated rings. The third-order valence-corrected chi connectivity index (χ3v) is 9.01. The van der Waals surface area contributed by atoms with Crippen LogP contribution in [0.5, 0.6) is 0 Å². The molecule has 0 amide bonds. The fourth-order valence-corrected chi connectivity index (χ4v) is 6.81. The molecular formula is C31H32NOS+. The minimum Gasteiger partial charge on any atom is -0.455 e. The summed E-state index contributed by atoms with van der Waals surface area (Å²) in [7, 11) is 2.12. The van der Waals surface area contributed by atoms with Crippen LogP contribution in [-0.4, -0.2) is 0 Å². The molecule has 1 aliphatic rings. The molecule has 2 heterocycles. The average molecular weight is 467 g/mol. The largest absolute Gasteiger partial charge is 0.455 e. The van der Waals surface area contributed by atoms with Gasteiger partial charge in [-0.1, -0.05) is 81.5 Å². The fraction of sp³-hybridized carbons (Fsp3) is 0.323. The highest BCUT2D eigenvalue weighted by atomic mass is 32.1. The first kappa shape index (κ1) is 21.6. The molecule has 0 atom stereocenters. The summed E-state index contributed by atoms with van der Waals surface area (Å²) in [5.74, 6) is 0. The van der Waals surface area contributed by atoms with E-state index in [9.17, 15) is 0 Å². The molecule has 3 aromatic carbocycles. The standard InChI is InChI=1S/C31H32NOS/c1-19-10-13-25-27(26(19)29-32(6)16-17-34-29)22-9-7-8-21(28(22)33-25)20-11-12-23-24(18-20)31(4,5)15-14-30(23,2)3/h7-13,16-18H,14-15H2,1-6H3/q+1. The van der Waals surface area contributed by atoms with E-state index in [2.05, 4.69) is 106 Å². The maximum Gasteiger partial charge on any atom is 0.269 e. The van der Waals surface area contributed by atoms with Crippen LogP contribution in [0.25, 0.3) is 43.6 Å². The first-order valence-electron chi connectivity index (χ1n) is 12.2. The van der Waals surface area contributed by atoms with E-state index in [-0.39, 0.29) is 10.8 Å². The van der Waals surface area contributed by atoms with E-state index in [0.29, 0.717) is 0 Å². The van der Waals surface area contributed by atoms with E-state index >= 15 is 0 Å². The molecule has 0 bridgehead atoms. The van der Waals surface area contributed by atoms with Crippen LogP contribution in [-0.2, 0) is 17.9 Å². The maximum atomic E-state index is 6.60. The maximum absolute atomic E-state index is 6.60. The molecular weight excluding hydrogens is 434 g/mol. The summed E-state index contributed by atoms with van der Waals surface area (Å²) in [6.45, 7) is 11.8. The lowest BCUT2D eigenvalue weighted by atomic mass is 9.63. The summed E-state index contributed by atoms with van der Waals surface area (Å²) in [6, 6.07) is 18.0. The lowest BCUT2D eigenvalue weighted by Crippen LogP contribution is -2.33. The van der Waals surface area contributed by atoms with Crippen molar-refractivity contribution in [2.24, 2.45) is 7.05 Å². The fourth-order valence-electron chi connectivity index (χ4n) is 5.83. The Balaban J connectivity index is 1.63. The van der Waals surface area contributed by atoms with Gasteiger partial charge >= 0.3 is 0 Å². The smallest absolute Gasteiger partial charge is 0.269 e. The zero-order chi connectivity index (χ0) is 23.8. The number of nitrogens with zero attached hydrogens (tertiary/aromatic N) is 1. The van der Waals surface area contributed by atoms with Gasteiger partial charge in [-0.25, -0.2) is 0 Å². The number of aromatic nitrogens is 1. The Kier molecular flexibility index (Phi) is 4.64. The molecule has 0 radical (unpaired) electrons. The molecule has 0 saturated heterocycles. The molecule has 0 aliphatic heterocycles. The lowest BCUT2D eigenvalue weighted by Gasteiger charge is -2.42. The minimum atomic E-state index is 0.181. The summed E-state index contributed by atoms with van der Waals surface area (Å²) in [6.07, 6.45) is 4.57. The molecule has 0 spiro atoms. The van der Waals surface area contributed by atoms with Gasteiger partial charge < -0.3 is 4.42 Å². The van der Waals surface area contributed by atoms with Crippen LogP contribution in [0.1, 0.15) is 57.2 Å². The van der Waals surface area contributed by atoms with E-state index in [1.807, 2.05) is 0 Å². The van der Waals surface area contributed by atoms with Gasteiger partial charge in [0.2, 0.25) is 0 Å². The second-order valence-electron chi connectivity index (χ2n) is 11.3. The van der Waals surface area contributed by atoms with Crippen molar-refractivity contribution in [3.8, 4) is 21.7 Å². The number of aryl methyl sites for hydroxylation is 2. The van der Waals surface area contributed by atoms with Crippen molar-refractivity contribution in [1.29, 1.82) is 0 Å². The number of benzene rings is 3. The van der Waals surface area contributed by atoms with Crippen LogP contribution in [0.15, 0.2) is 64.5 Å². The van der Waals surface area contributed by atoms with Crippen molar-refractivity contribution in [2.45, 2.75) is 58.3 Å². The van der Waals surface area contributed by atoms with Gasteiger partial charge in [-0.2, -0.15) is 4.57 Å². The van der Waals surface area contributed by atoms with E-state index < -0.39 is 0 Å².